The summed E-state index contributed by atoms with van der Waals surface area (Å²) in [6.07, 6.45) is 0. The van der Waals surface area contributed by atoms with Gasteiger partial charge in [0.1, 0.15) is 6.54 Å². The van der Waals surface area contributed by atoms with Gasteiger partial charge in [0.05, 0.1) is 43.8 Å². The molecule has 0 atom stereocenters. The van der Waals surface area contributed by atoms with Crippen molar-refractivity contribution >= 4 is 34.9 Å². The molecule has 10 heteroatoms. The maximum Gasteiger partial charge on any atom is 0.300 e. The Labute approximate surface area is 171 Å². The van der Waals surface area contributed by atoms with Gasteiger partial charge < -0.3 is 25.3 Å². The highest BCUT2D eigenvalue weighted by molar-refractivity contribution is 6.53. The average Bonchev–Trinajstić information content (AvgIpc) is 2.96. The van der Waals surface area contributed by atoms with Gasteiger partial charge in [-0.15, -0.1) is 0 Å². The van der Waals surface area contributed by atoms with Crippen LogP contribution in [0.3, 0.4) is 0 Å². The van der Waals surface area contributed by atoms with E-state index in [1.807, 2.05) is 0 Å². The first-order chi connectivity index (χ1) is 14.3. The third-order valence-electron chi connectivity index (χ3n) is 4.53. The second-order valence-corrected chi connectivity index (χ2v) is 6.22. The molecule has 0 spiro atoms. The Hall–Kier alpha value is -4.08. The molecule has 0 saturated heterocycles. The molecule has 3 N–H and O–H groups in total. The van der Waals surface area contributed by atoms with Crippen molar-refractivity contribution < 1.29 is 33.4 Å². The van der Waals surface area contributed by atoms with Gasteiger partial charge in [0.15, 0.2) is 11.5 Å². The van der Waals surface area contributed by atoms with Crippen molar-refractivity contribution in [1.82, 2.24) is 0 Å². The fourth-order valence-electron chi connectivity index (χ4n) is 3.21. The number of methoxy groups -OCH3 is 3. The largest absolute Gasteiger partial charge is 0.493 e. The average molecular weight is 413 g/mol. The number of nitrogens with two attached hydrogens (primary N) is 1. The SMILES string of the molecule is COc1cc2c(c(OC)c1OC)C(=O)C(=O)N2CC(=O)Nc1ccccc1C(N)=O. The molecule has 0 saturated carbocycles. The van der Waals surface area contributed by atoms with Crippen molar-refractivity contribution in [2.24, 2.45) is 5.73 Å². The number of nitrogens with one attached hydrogen (secondary N) is 1. The fraction of sp³-hybridized carbons (Fsp3) is 0.200. The first-order valence-electron chi connectivity index (χ1n) is 8.71. The van der Waals surface area contributed by atoms with Gasteiger partial charge in [0, 0.05) is 6.07 Å². The van der Waals surface area contributed by atoms with Crippen LogP contribution in [-0.4, -0.2) is 51.4 Å². The number of carbonyl (C=O) groups is 4. The lowest BCUT2D eigenvalue weighted by Gasteiger charge is -2.19. The molecule has 0 aromatic heterocycles. The number of Topliss-reactive ketones (excluding diaryl/α,β-unsaturated/α-hetero) is 1. The molecule has 1 heterocycles. The van der Waals surface area contributed by atoms with E-state index in [9.17, 15) is 19.2 Å². The maximum atomic E-state index is 12.6. The van der Waals surface area contributed by atoms with Crippen LogP contribution >= 0.6 is 0 Å². The Kier molecular flexibility index (Phi) is 5.58. The Morgan fingerprint density at radius 3 is 2.30 bits per heavy atom. The Balaban J connectivity index is 1.96. The molecule has 0 radical (unpaired) electrons. The number of nitrogens with zero attached hydrogens (tertiary/aromatic N) is 1. The maximum absolute atomic E-state index is 12.6. The van der Waals surface area contributed by atoms with Crippen LogP contribution in [0, 0.1) is 0 Å². The van der Waals surface area contributed by atoms with Gasteiger partial charge in [-0.25, -0.2) is 0 Å². The minimum atomic E-state index is -0.906. The number of para-hydroxylation sites is 1. The molecular weight excluding hydrogens is 394 g/mol. The summed E-state index contributed by atoms with van der Waals surface area (Å²) in [5.74, 6) is -2.68. The van der Waals surface area contributed by atoms with Gasteiger partial charge in [0.25, 0.3) is 17.6 Å². The summed E-state index contributed by atoms with van der Waals surface area (Å²) in [7, 11) is 4.08. The molecule has 1 aliphatic rings. The van der Waals surface area contributed by atoms with Crippen molar-refractivity contribution in [2.75, 3.05) is 38.1 Å². The van der Waals surface area contributed by atoms with Gasteiger partial charge in [-0.1, -0.05) is 12.1 Å². The Morgan fingerprint density at radius 2 is 1.70 bits per heavy atom. The van der Waals surface area contributed by atoms with Crippen LogP contribution in [0.5, 0.6) is 17.2 Å². The van der Waals surface area contributed by atoms with E-state index < -0.39 is 30.0 Å². The third-order valence-corrected chi connectivity index (χ3v) is 4.53. The standard InChI is InChI=1S/C20H19N3O7/c1-28-13-8-12-15(18(30-3)17(13)29-2)16(25)20(27)23(12)9-14(24)22-11-7-5-4-6-10(11)19(21)26/h4-8H,9H2,1-3H3,(H2,21,26)(H,22,24). The Bertz CT molecular complexity index is 1060. The number of fused-ring (bicyclic) bond motifs is 1. The second-order valence-electron chi connectivity index (χ2n) is 6.22. The predicted octanol–water partition coefficient (Wildman–Crippen LogP) is 0.979. The number of primary amides is 1. The fourth-order valence-corrected chi connectivity index (χ4v) is 3.21. The lowest BCUT2D eigenvalue weighted by molar-refractivity contribution is -0.118. The van der Waals surface area contributed by atoms with Crippen LogP contribution in [0.15, 0.2) is 30.3 Å². The van der Waals surface area contributed by atoms with E-state index in [0.717, 1.165) is 4.90 Å². The molecule has 3 amide bonds. The topological polar surface area (TPSA) is 137 Å². The monoisotopic (exact) mass is 413 g/mol. The van der Waals surface area contributed by atoms with Crippen molar-refractivity contribution in [2.45, 2.75) is 0 Å². The molecule has 2 aromatic carbocycles. The molecular formula is C20H19N3O7. The molecule has 2 aromatic rings. The highest BCUT2D eigenvalue weighted by Crippen LogP contribution is 2.47. The predicted molar refractivity (Wildman–Crippen MR) is 106 cm³/mol. The van der Waals surface area contributed by atoms with E-state index in [0.29, 0.717) is 0 Å². The lowest BCUT2D eigenvalue weighted by Crippen LogP contribution is -2.37. The molecule has 3 rings (SSSR count). The van der Waals surface area contributed by atoms with Crippen LogP contribution in [0.4, 0.5) is 11.4 Å². The normalized spacial score (nSPS) is 12.4. The van der Waals surface area contributed by atoms with Crippen molar-refractivity contribution in [1.29, 1.82) is 0 Å². The van der Waals surface area contributed by atoms with Crippen LogP contribution < -0.4 is 30.2 Å². The van der Waals surface area contributed by atoms with Crippen LogP contribution in [-0.2, 0) is 9.59 Å². The number of carbonyl (C=O) groups excluding carboxylic acids is 4. The van der Waals surface area contributed by atoms with E-state index in [1.54, 1.807) is 12.1 Å². The molecule has 0 aliphatic carbocycles. The third kappa shape index (κ3) is 3.39. The second kappa shape index (κ2) is 8.11. The lowest BCUT2D eigenvalue weighted by atomic mass is 10.1. The highest BCUT2D eigenvalue weighted by atomic mass is 16.5. The van der Waals surface area contributed by atoms with Gasteiger partial charge >= 0.3 is 0 Å². The molecule has 0 unspecified atom stereocenters. The summed E-state index contributed by atoms with van der Waals surface area (Å²) in [5.41, 5.74) is 5.74. The highest BCUT2D eigenvalue weighted by Gasteiger charge is 2.42. The number of hydrogen-bond acceptors (Lipinski definition) is 7. The van der Waals surface area contributed by atoms with Crippen molar-refractivity contribution in [3.05, 3.63) is 41.5 Å². The first-order valence-corrected chi connectivity index (χ1v) is 8.71. The summed E-state index contributed by atoms with van der Waals surface area (Å²) >= 11 is 0. The van der Waals surface area contributed by atoms with E-state index in [4.69, 9.17) is 19.9 Å². The van der Waals surface area contributed by atoms with E-state index >= 15 is 0 Å². The van der Waals surface area contributed by atoms with Gasteiger partial charge in [-0.05, 0) is 12.1 Å². The molecule has 0 fully saturated rings. The van der Waals surface area contributed by atoms with Crippen LogP contribution in [0.25, 0.3) is 0 Å². The van der Waals surface area contributed by atoms with Crippen molar-refractivity contribution in [3.8, 4) is 17.2 Å². The molecule has 0 bridgehead atoms. The van der Waals surface area contributed by atoms with Gasteiger partial charge in [-0.2, -0.15) is 0 Å². The minimum absolute atomic E-state index is 0.0227. The van der Waals surface area contributed by atoms with Crippen LogP contribution in [0.2, 0.25) is 0 Å². The molecule has 30 heavy (non-hydrogen) atoms. The number of anilines is 2. The number of ketones is 1. The number of hydrogen-bond donors (Lipinski definition) is 2. The van der Waals surface area contributed by atoms with Crippen molar-refractivity contribution in [3.63, 3.8) is 0 Å². The zero-order valence-electron chi connectivity index (χ0n) is 16.5. The first kappa shape index (κ1) is 20.6. The number of rotatable bonds is 7. The van der Waals surface area contributed by atoms with E-state index in [2.05, 4.69) is 5.32 Å². The molecule has 156 valence electrons. The minimum Gasteiger partial charge on any atom is -0.493 e. The Morgan fingerprint density at radius 1 is 1.03 bits per heavy atom. The molecule has 10 nitrogen and oxygen atoms in total. The van der Waals surface area contributed by atoms with Crippen LogP contribution in [0.1, 0.15) is 20.7 Å². The zero-order valence-corrected chi connectivity index (χ0v) is 16.5. The smallest absolute Gasteiger partial charge is 0.300 e. The number of benzene rings is 2. The quantitative estimate of drug-likeness (QED) is 0.646. The summed E-state index contributed by atoms with van der Waals surface area (Å²) < 4.78 is 15.8. The summed E-state index contributed by atoms with van der Waals surface area (Å²) in [6, 6.07) is 7.59. The van der Waals surface area contributed by atoms with E-state index in [1.165, 1.54) is 39.5 Å². The van der Waals surface area contributed by atoms with Gasteiger partial charge in [0.2, 0.25) is 11.7 Å². The molecule has 1 aliphatic heterocycles. The van der Waals surface area contributed by atoms with E-state index in [-0.39, 0.29) is 39.8 Å². The summed E-state index contributed by atoms with van der Waals surface area (Å²) in [4.78, 5) is 50.3. The number of ether oxygens (including phenoxy) is 3. The summed E-state index contributed by atoms with van der Waals surface area (Å²) in [5, 5.41) is 2.53. The zero-order chi connectivity index (χ0) is 22.0. The summed E-state index contributed by atoms with van der Waals surface area (Å²) in [6.45, 7) is -0.483. The number of amides is 3. The van der Waals surface area contributed by atoms with Gasteiger partial charge in [-0.3, -0.25) is 24.1 Å².